The number of furan rings is 1. The van der Waals surface area contributed by atoms with E-state index in [2.05, 4.69) is 22.8 Å². The van der Waals surface area contributed by atoms with Crippen LogP contribution in [0.25, 0.3) is 0 Å². The predicted octanol–water partition coefficient (Wildman–Crippen LogP) is 1.61. The fraction of sp³-hybridized carbons (Fsp3) is 0.263. The van der Waals surface area contributed by atoms with E-state index in [4.69, 9.17) is 13.9 Å². The Kier molecular flexibility index (Phi) is 7.85. The SMILES string of the molecule is CCOc1cc(CNCc2ccco2)ccc1OCc1cccs1.[Cl-]. The molecule has 0 atom stereocenters. The molecule has 3 aromatic rings. The molecule has 4 nitrogen and oxygen atoms in total. The third-order valence-electron chi connectivity index (χ3n) is 3.47. The highest BCUT2D eigenvalue weighted by molar-refractivity contribution is 7.09. The van der Waals surface area contributed by atoms with Crippen LogP contribution in [0.4, 0.5) is 0 Å². The molecule has 134 valence electrons. The molecule has 3 rings (SSSR count). The summed E-state index contributed by atoms with van der Waals surface area (Å²) < 4.78 is 16.9. The lowest BCUT2D eigenvalue weighted by Crippen LogP contribution is -3.00. The molecule has 0 aliphatic rings. The first-order valence-corrected chi connectivity index (χ1v) is 8.87. The molecule has 2 heterocycles. The molecule has 25 heavy (non-hydrogen) atoms. The van der Waals surface area contributed by atoms with Crippen molar-refractivity contribution in [3.8, 4) is 11.5 Å². The van der Waals surface area contributed by atoms with E-state index in [-0.39, 0.29) is 12.4 Å². The van der Waals surface area contributed by atoms with E-state index in [1.54, 1.807) is 17.6 Å². The molecule has 0 amide bonds. The lowest BCUT2D eigenvalue weighted by molar-refractivity contribution is -0.00000613. The first kappa shape index (κ1) is 19.4. The standard InChI is InChI=1S/C19H21NO3S.ClH/c1-2-21-19-11-15(12-20-13-16-5-3-9-22-16)7-8-18(19)23-14-17-6-4-10-24-17;/h3-11,20H,2,12-14H2,1H3;1H/p-1. The molecule has 0 unspecified atom stereocenters. The second kappa shape index (κ2) is 10.1. The summed E-state index contributed by atoms with van der Waals surface area (Å²) >= 11 is 1.69. The summed E-state index contributed by atoms with van der Waals surface area (Å²) in [6.07, 6.45) is 1.68. The summed E-state index contributed by atoms with van der Waals surface area (Å²) in [6.45, 7) is 4.59. The van der Waals surface area contributed by atoms with Crippen LogP contribution in [-0.2, 0) is 19.7 Å². The molecule has 0 aliphatic heterocycles. The Morgan fingerprint density at radius 1 is 1.04 bits per heavy atom. The van der Waals surface area contributed by atoms with Gasteiger partial charge in [-0.25, -0.2) is 0 Å². The van der Waals surface area contributed by atoms with Gasteiger partial charge in [-0.1, -0.05) is 12.1 Å². The molecule has 0 aliphatic carbocycles. The van der Waals surface area contributed by atoms with Gasteiger partial charge in [-0.15, -0.1) is 11.3 Å². The number of rotatable bonds is 9. The smallest absolute Gasteiger partial charge is 0.161 e. The van der Waals surface area contributed by atoms with E-state index in [0.29, 0.717) is 19.8 Å². The van der Waals surface area contributed by atoms with Gasteiger partial charge in [-0.2, -0.15) is 0 Å². The Labute approximate surface area is 158 Å². The Hall–Kier alpha value is -1.95. The average molecular weight is 379 g/mol. The van der Waals surface area contributed by atoms with Crippen LogP contribution in [0.5, 0.6) is 11.5 Å². The number of hydrogen-bond acceptors (Lipinski definition) is 5. The Bertz CT molecular complexity index is 729. The third-order valence-corrected chi connectivity index (χ3v) is 4.32. The second-order valence-electron chi connectivity index (χ2n) is 5.27. The van der Waals surface area contributed by atoms with Gasteiger partial charge in [-0.3, -0.25) is 0 Å². The number of thiophene rings is 1. The molecule has 0 spiro atoms. The van der Waals surface area contributed by atoms with E-state index >= 15 is 0 Å². The van der Waals surface area contributed by atoms with Crippen LogP contribution in [0.2, 0.25) is 0 Å². The molecular weight excluding hydrogens is 358 g/mol. The molecule has 1 N–H and O–H groups in total. The summed E-state index contributed by atoms with van der Waals surface area (Å²) in [5.41, 5.74) is 1.15. The molecule has 1 aromatic carbocycles. The van der Waals surface area contributed by atoms with Crippen molar-refractivity contribution in [2.45, 2.75) is 26.6 Å². The quantitative estimate of drug-likeness (QED) is 0.614. The maximum absolute atomic E-state index is 5.90. The van der Waals surface area contributed by atoms with Crippen molar-refractivity contribution in [3.63, 3.8) is 0 Å². The molecular formula is C19H21ClNO3S-. The predicted molar refractivity (Wildman–Crippen MR) is 95.5 cm³/mol. The van der Waals surface area contributed by atoms with E-state index in [1.165, 1.54) is 4.88 Å². The maximum Gasteiger partial charge on any atom is 0.161 e. The fourth-order valence-electron chi connectivity index (χ4n) is 2.34. The summed E-state index contributed by atoms with van der Waals surface area (Å²) in [7, 11) is 0. The van der Waals surface area contributed by atoms with Crippen LogP contribution in [0, 0.1) is 0 Å². The van der Waals surface area contributed by atoms with Gasteiger partial charge in [0.25, 0.3) is 0 Å². The van der Waals surface area contributed by atoms with Gasteiger partial charge in [0.1, 0.15) is 12.4 Å². The second-order valence-corrected chi connectivity index (χ2v) is 6.30. The lowest BCUT2D eigenvalue weighted by Gasteiger charge is -2.13. The molecule has 0 bridgehead atoms. The first-order chi connectivity index (χ1) is 11.8. The number of ether oxygens (including phenoxy) is 2. The van der Waals surface area contributed by atoms with E-state index in [1.807, 2.05) is 37.3 Å². The molecule has 0 saturated carbocycles. The summed E-state index contributed by atoms with van der Waals surface area (Å²) in [5.74, 6) is 2.49. The van der Waals surface area contributed by atoms with Crippen LogP contribution >= 0.6 is 11.3 Å². The topological polar surface area (TPSA) is 43.6 Å². The largest absolute Gasteiger partial charge is 1.00 e. The fourth-order valence-corrected chi connectivity index (χ4v) is 2.95. The highest BCUT2D eigenvalue weighted by atomic mass is 35.5. The van der Waals surface area contributed by atoms with Crippen molar-refractivity contribution in [2.75, 3.05) is 6.61 Å². The van der Waals surface area contributed by atoms with Crippen molar-refractivity contribution in [1.82, 2.24) is 5.32 Å². The van der Waals surface area contributed by atoms with Gasteiger partial charge >= 0.3 is 0 Å². The van der Waals surface area contributed by atoms with Crippen LogP contribution in [0.15, 0.2) is 58.5 Å². The first-order valence-electron chi connectivity index (χ1n) is 7.99. The Balaban J connectivity index is 0.00000225. The van der Waals surface area contributed by atoms with Crippen molar-refractivity contribution < 1.29 is 26.3 Å². The van der Waals surface area contributed by atoms with E-state index in [0.717, 1.165) is 29.4 Å². The monoisotopic (exact) mass is 378 g/mol. The summed E-state index contributed by atoms with van der Waals surface area (Å²) in [4.78, 5) is 1.20. The molecule has 0 saturated heterocycles. The van der Waals surface area contributed by atoms with E-state index < -0.39 is 0 Å². The lowest BCUT2D eigenvalue weighted by atomic mass is 10.2. The molecule has 6 heteroatoms. The van der Waals surface area contributed by atoms with Crippen molar-refractivity contribution in [1.29, 1.82) is 0 Å². The van der Waals surface area contributed by atoms with Crippen LogP contribution in [0.1, 0.15) is 23.1 Å². The minimum Gasteiger partial charge on any atom is -1.00 e. The molecule has 0 fully saturated rings. The van der Waals surface area contributed by atoms with Crippen LogP contribution in [-0.4, -0.2) is 6.61 Å². The van der Waals surface area contributed by atoms with Gasteiger partial charge in [-0.05, 0) is 48.2 Å². The zero-order chi connectivity index (χ0) is 16.6. The minimum atomic E-state index is 0. The molecule has 0 radical (unpaired) electrons. The van der Waals surface area contributed by atoms with Gasteiger partial charge in [0, 0.05) is 11.4 Å². The maximum atomic E-state index is 5.90. The van der Waals surface area contributed by atoms with Gasteiger partial charge in [0.05, 0.1) is 19.4 Å². The van der Waals surface area contributed by atoms with Crippen molar-refractivity contribution in [2.24, 2.45) is 0 Å². The van der Waals surface area contributed by atoms with Gasteiger partial charge < -0.3 is 31.6 Å². The normalized spacial score (nSPS) is 10.3. The van der Waals surface area contributed by atoms with Crippen LogP contribution in [0.3, 0.4) is 0 Å². The summed E-state index contributed by atoms with van der Waals surface area (Å²) in [5, 5.41) is 5.41. The van der Waals surface area contributed by atoms with Gasteiger partial charge in [0.2, 0.25) is 0 Å². The highest BCUT2D eigenvalue weighted by Gasteiger charge is 2.07. The minimum absolute atomic E-state index is 0. The van der Waals surface area contributed by atoms with Crippen molar-refractivity contribution in [3.05, 3.63) is 70.3 Å². The van der Waals surface area contributed by atoms with E-state index in [9.17, 15) is 0 Å². The molecule has 2 aromatic heterocycles. The summed E-state index contributed by atoms with van der Waals surface area (Å²) in [6, 6.07) is 14.0. The third kappa shape index (κ3) is 5.81. The number of hydrogen-bond donors (Lipinski definition) is 1. The van der Waals surface area contributed by atoms with Gasteiger partial charge in [0.15, 0.2) is 11.5 Å². The zero-order valence-corrected chi connectivity index (χ0v) is 15.6. The highest BCUT2D eigenvalue weighted by Crippen LogP contribution is 2.29. The number of halogens is 1. The average Bonchev–Trinajstić information content (AvgIpc) is 3.28. The Morgan fingerprint density at radius 2 is 1.96 bits per heavy atom. The number of benzene rings is 1. The number of nitrogens with one attached hydrogen (secondary N) is 1. The zero-order valence-electron chi connectivity index (χ0n) is 14.0. The van der Waals surface area contributed by atoms with Crippen LogP contribution < -0.4 is 27.2 Å². The van der Waals surface area contributed by atoms with Crippen molar-refractivity contribution >= 4 is 11.3 Å². The Morgan fingerprint density at radius 3 is 2.68 bits per heavy atom.